The normalized spacial score (nSPS) is 19.8. The molecule has 2 heteroatoms. The van der Waals surface area contributed by atoms with Crippen molar-refractivity contribution in [3.8, 4) is 0 Å². The minimum Gasteiger partial charge on any atom is -0.342 e. The number of fused-ring (bicyclic) bond motifs is 1. The van der Waals surface area contributed by atoms with Crippen LogP contribution in [0.1, 0.15) is 68.4 Å². The largest absolute Gasteiger partial charge is 0.342 e. The number of aromatic nitrogens is 1. The van der Waals surface area contributed by atoms with Gasteiger partial charge in [-0.15, -0.1) is 0 Å². The summed E-state index contributed by atoms with van der Waals surface area (Å²) in [5.74, 6) is 0.315. The van der Waals surface area contributed by atoms with Crippen molar-refractivity contribution >= 4 is 5.78 Å². The molecule has 0 amide bonds. The van der Waals surface area contributed by atoms with Gasteiger partial charge in [0.05, 0.1) is 5.69 Å². The predicted octanol–water partition coefficient (Wildman–Crippen LogP) is 3.98. The number of rotatable bonds is 5. The molecule has 0 aromatic carbocycles. The first-order valence-electron chi connectivity index (χ1n) is 6.53. The van der Waals surface area contributed by atoms with E-state index in [0.29, 0.717) is 11.8 Å². The van der Waals surface area contributed by atoms with Crippen LogP contribution in [0.4, 0.5) is 0 Å². The van der Waals surface area contributed by atoms with Crippen molar-refractivity contribution < 1.29 is 4.79 Å². The molecule has 16 heavy (non-hydrogen) atoms. The Labute approximate surface area is 97.7 Å². The first kappa shape index (κ1) is 11.4. The van der Waals surface area contributed by atoms with Crippen LogP contribution in [0.5, 0.6) is 0 Å². The summed E-state index contributed by atoms with van der Waals surface area (Å²) in [6.07, 6.45) is 10.3. The fourth-order valence-corrected chi connectivity index (χ4v) is 2.60. The average Bonchev–Trinajstić information content (AvgIpc) is 2.77. The summed E-state index contributed by atoms with van der Waals surface area (Å²) in [5.41, 5.74) is 0.923. The van der Waals surface area contributed by atoms with Gasteiger partial charge in [0, 0.05) is 18.7 Å². The van der Waals surface area contributed by atoms with Gasteiger partial charge in [-0.05, 0) is 25.0 Å². The molecular weight excluding hydrogens is 198 g/mol. The number of ketones is 1. The molecule has 0 saturated heterocycles. The smallest absolute Gasteiger partial charge is 0.179 e. The Morgan fingerprint density at radius 2 is 2.25 bits per heavy atom. The number of unbranched alkanes of at least 4 members (excludes halogenated alkanes) is 3. The van der Waals surface area contributed by atoms with E-state index in [-0.39, 0.29) is 0 Å². The van der Waals surface area contributed by atoms with Crippen LogP contribution in [0.3, 0.4) is 0 Å². The van der Waals surface area contributed by atoms with Crippen molar-refractivity contribution in [3.63, 3.8) is 0 Å². The van der Waals surface area contributed by atoms with E-state index in [2.05, 4.69) is 17.7 Å². The minimum atomic E-state index is 0.315. The minimum absolute atomic E-state index is 0.315. The van der Waals surface area contributed by atoms with Gasteiger partial charge in [0.25, 0.3) is 0 Å². The number of carbonyl (C=O) groups excluding carboxylic acids is 1. The molecule has 0 spiro atoms. The summed E-state index contributed by atoms with van der Waals surface area (Å²) in [5, 5.41) is 0. The second-order valence-electron chi connectivity index (χ2n) is 4.77. The highest BCUT2D eigenvalue weighted by Gasteiger charge is 2.23. The maximum absolute atomic E-state index is 11.6. The lowest BCUT2D eigenvalue weighted by atomic mass is 9.97. The summed E-state index contributed by atoms with van der Waals surface area (Å²) in [7, 11) is 0. The number of hydrogen-bond donors (Lipinski definition) is 0. The Hall–Kier alpha value is -1.05. The fourth-order valence-electron chi connectivity index (χ4n) is 2.60. The highest BCUT2D eigenvalue weighted by atomic mass is 16.1. The monoisotopic (exact) mass is 219 g/mol. The van der Waals surface area contributed by atoms with Crippen LogP contribution < -0.4 is 0 Å². The van der Waals surface area contributed by atoms with Crippen LogP contribution in [0, 0.1) is 0 Å². The zero-order valence-corrected chi connectivity index (χ0v) is 10.1. The number of nitrogens with zero attached hydrogens (tertiary/aromatic N) is 1. The van der Waals surface area contributed by atoms with Gasteiger partial charge in [0.1, 0.15) is 0 Å². The van der Waals surface area contributed by atoms with Crippen molar-refractivity contribution in [2.24, 2.45) is 0 Å². The lowest BCUT2D eigenvalue weighted by Gasteiger charge is -2.25. The van der Waals surface area contributed by atoms with E-state index >= 15 is 0 Å². The number of hydrogen-bond acceptors (Lipinski definition) is 1. The maximum atomic E-state index is 11.6. The second-order valence-corrected chi connectivity index (χ2v) is 4.77. The van der Waals surface area contributed by atoms with E-state index in [1.807, 2.05) is 12.1 Å². The summed E-state index contributed by atoms with van der Waals surface area (Å²) in [4.78, 5) is 11.6. The molecule has 1 atom stereocenters. The van der Waals surface area contributed by atoms with Crippen molar-refractivity contribution in [1.29, 1.82) is 0 Å². The second kappa shape index (κ2) is 5.33. The van der Waals surface area contributed by atoms with Crippen LogP contribution in [0.25, 0.3) is 0 Å². The molecule has 1 aromatic heterocycles. The predicted molar refractivity (Wildman–Crippen MR) is 65.8 cm³/mol. The number of carbonyl (C=O) groups is 1. The summed E-state index contributed by atoms with van der Waals surface area (Å²) in [6, 6.07) is 4.53. The quantitative estimate of drug-likeness (QED) is 0.687. The Bertz CT molecular complexity index is 353. The highest BCUT2D eigenvalue weighted by Crippen LogP contribution is 2.29. The molecule has 0 aliphatic carbocycles. The van der Waals surface area contributed by atoms with Gasteiger partial charge in [-0.1, -0.05) is 32.6 Å². The fraction of sp³-hybridized carbons (Fsp3) is 0.643. The van der Waals surface area contributed by atoms with Crippen molar-refractivity contribution in [2.75, 3.05) is 0 Å². The van der Waals surface area contributed by atoms with E-state index in [1.54, 1.807) is 0 Å². The third-order valence-corrected chi connectivity index (χ3v) is 3.55. The third kappa shape index (κ3) is 2.37. The van der Waals surface area contributed by atoms with E-state index in [4.69, 9.17) is 0 Å². The first-order chi connectivity index (χ1) is 7.83. The zero-order chi connectivity index (χ0) is 11.4. The van der Waals surface area contributed by atoms with Crippen molar-refractivity contribution in [2.45, 2.75) is 57.9 Å². The van der Waals surface area contributed by atoms with Gasteiger partial charge < -0.3 is 4.57 Å². The van der Waals surface area contributed by atoms with Gasteiger partial charge in [-0.3, -0.25) is 4.79 Å². The molecule has 0 N–H and O–H groups in total. The molecule has 1 unspecified atom stereocenters. The summed E-state index contributed by atoms with van der Waals surface area (Å²) >= 11 is 0. The Balaban J connectivity index is 1.93. The Morgan fingerprint density at radius 3 is 3.06 bits per heavy atom. The lowest BCUT2D eigenvalue weighted by molar-refractivity contribution is 0.0940. The van der Waals surface area contributed by atoms with Gasteiger partial charge in [-0.25, -0.2) is 0 Å². The van der Waals surface area contributed by atoms with E-state index < -0.39 is 0 Å². The Kier molecular flexibility index (Phi) is 3.81. The van der Waals surface area contributed by atoms with Crippen molar-refractivity contribution in [3.05, 3.63) is 24.0 Å². The molecule has 0 radical (unpaired) electrons. The standard InChI is InChI=1S/C14H21NO/c1-2-3-4-5-7-12-9-10-14(16)13-8-6-11-15(12)13/h6,8,11-12H,2-5,7,9-10H2,1H3. The topological polar surface area (TPSA) is 22.0 Å². The average molecular weight is 219 g/mol. The molecule has 0 bridgehead atoms. The van der Waals surface area contributed by atoms with Gasteiger partial charge in [-0.2, -0.15) is 0 Å². The number of Topliss-reactive ketones (excluding diaryl/α,β-unsaturated/α-hetero) is 1. The Morgan fingerprint density at radius 1 is 1.38 bits per heavy atom. The molecule has 1 aliphatic rings. The van der Waals surface area contributed by atoms with E-state index in [9.17, 15) is 4.79 Å². The molecule has 2 heterocycles. The molecular formula is C14H21NO. The summed E-state index contributed by atoms with van der Waals surface area (Å²) < 4.78 is 2.19. The SMILES string of the molecule is CCCCCCC1CCC(=O)c2cccn21. The van der Waals surface area contributed by atoms with E-state index in [1.165, 1.54) is 32.1 Å². The van der Waals surface area contributed by atoms with Crippen LogP contribution in [-0.4, -0.2) is 10.4 Å². The molecule has 0 fully saturated rings. The third-order valence-electron chi connectivity index (χ3n) is 3.55. The molecule has 88 valence electrons. The van der Waals surface area contributed by atoms with Gasteiger partial charge in [0.15, 0.2) is 5.78 Å². The first-order valence-corrected chi connectivity index (χ1v) is 6.53. The molecule has 2 rings (SSSR count). The van der Waals surface area contributed by atoms with Crippen LogP contribution in [0.2, 0.25) is 0 Å². The van der Waals surface area contributed by atoms with Crippen molar-refractivity contribution in [1.82, 2.24) is 4.57 Å². The summed E-state index contributed by atoms with van der Waals surface area (Å²) in [6.45, 7) is 2.24. The van der Waals surface area contributed by atoms with Gasteiger partial charge in [0.2, 0.25) is 0 Å². The van der Waals surface area contributed by atoms with Crippen LogP contribution in [-0.2, 0) is 0 Å². The van der Waals surface area contributed by atoms with E-state index in [0.717, 1.165) is 18.5 Å². The van der Waals surface area contributed by atoms with Crippen LogP contribution >= 0.6 is 0 Å². The lowest BCUT2D eigenvalue weighted by Crippen LogP contribution is -2.21. The van der Waals surface area contributed by atoms with Gasteiger partial charge >= 0.3 is 0 Å². The molecule has 1 aliphatic heterocycles. The van der Waals surface area contributed by atoms with Crippen LogP contribution in [0.15, 0.2) is 18.3 Å². The zero-order valence-electron chi connectivity index (χ0n) is 10.1. The highest BCUT2D eigenvalue weighted by molar-refractivity contribution is 5.95. The maximum Gasteiger partial charge on any atom is 0.179 e. The molecule has 0 saturated carbocycles. The molecule has 2 nitrogen and oxygen atoms in total. The molecule has 1 aromatic rings.